The highest BCUT2D eigenvalue weighted by molar-refractivity contribution is 6.31. The van der Waals surface area contributed by atoms with Crippen molar-refractivity contribution in [2.45, 2.75) is 26.1 Å². The summed E-state index contributed by atoms with van der Waals surface area (Å²) in [5.74, 6) is 3.28. The number of benzene rings is 6. The van der Waals surface area contributed by atoms with E-state index in [2.05, 4.69) is 53.1 Å². The molecular formula is C37H30N2O5. The summed E-state index contributed by atoms with van der Waals surface area (Å²) in [4.78, 5) is 0. The summed E-state index contributed by atoms with van der Waals surface area (Å²) in [6.45, 7) is 3.23. The molecule has 0 aromatic heterocycles. The lowest BCUT2D eigenvalue weighted by Crippen LogP contribution is -2.16. The fraction of sp³-hybridized carbons (Fsp3) is 0.243. The number of fused-ring (bicyclic) bond motifs is 8. The predicted octanol–water partition coefficient (Wildman–Crippen LogP) is 7.68. The number of hydrogen-bond acceptors (Lipinski definition) is 7. The van der Waals surface area contributed by atoms with Crippen LogP contribution in [0.3, 0.4) is 0 Å². The first kappa shape index (κ1) is 24.6. The first-order chi connectivity index (χ1) is 21.7. The number of anilines is 2. The number of rotatable bonds is 3. The molecule has 0 saturated carbocycles. The highest BCUT2D eigenvalue weighted by Gasteiger charge is 2.32. The van der Waals surface area contributed by atoms with Crippen LogP contribution in [0.15, 0.2) is 48.5 Å². The Balaban J connectivity index is 1.47. The summed E-state index contributed by atoms with van der Waals surface area (Å²) < 4.78 is 29.8. The molecule has 2 N–H and O–H groups in total. The van der Waals surface area contributed by atoms with Gasteiger partial charge in [0.1, 0.15) is 11.5 Å². The third-order valence-electron chi connectivity index (χ3n) is 10.0. The van der Waals surface area contributed by atoms with Crippen LogP contribution in [0.1, 0.15) is 22.3 Å². The predicted molar refractivity (Wildman–Crippen MR) is 174 cm³/mol. The van der Waals surface area contributed by atoms with Crippen LogP contribution in [0.25, 0.3) is 54.2 Å². The van der Waals surface area contributed by atoms with Crippen molar-refractivity contribution in [3.63, 3.8) is 0 Å². The van der Waals surface area contributed by atoms with E-state index < -0.39 is 0 Å². The molecule has 0 bridgehead atoms. The van der Waals surface area contributed by atoms with E-state index in [1.54, 1.807) is 14.2 Å². The van der Waals surface area contributed by atoms with Gasteiger partial charge in [0.2, 0.25) is 6.79 Å². The van der Waals surface area contributed by atoms with E-state index in [1.165, 1.54) is 60.6 Å². The molecule has 4 aliphatic heterocycles. The van der Waals surface area contributed by atoms with Gasteiger partial charge in [-0.25, -0.2) is 0 Å². The number of methoxy groups -OCH3 is 2. The molecule has 0 saturated heterocycles. The second-order valence-electron chi connectivity index (χ2n) is 12.1. The Morgan fingerprint density at radius 2 is 1.25 bits per heavy atom. The van der Waals surface area contributed by atoms with Gasteiger partial charge in [-0.05, 0) is 98.4 Å². The van der Waals surface area contributed by atoms with Gasteiger partial charge in [0.05, 0.1) is 38.8 Å². The van der Waals surface area contributed by atoms with E-state index in [-0.39, 0.29) is 6.79 Å². The normalized spacial score (nSPS) is 16.0. The van der Waals surface area contributed by atoms with Gasteiger partial charge in [0.15, 0.2) is 11.5 Å². The zero-order chi connectivity index (χ0) is 29.1. The average molecular weight is 583 g/mol. The van der Waals surface area contributed by atoms with Gasteiger partial charge in [0.25, 0.3) is 0 Å². The first-order valence-electron chi connectivity index (χ1n) is 15.3. The molecule has 4 aliphatic rings. The minimum absolute atomic E-state index is 0.232. The molecule has 218 valence electrons. The molecule has 6 aromatic carbocycles. The largest absolute Gasteiger partial charge is 0.497 e. The van der Waals surface area contributed by atoms with Crippen molar-refractivity contribution in [1.82, 2.24) is 0 Å². The Hall–Kier alpha value is -4.88. The average Bonchev–Trinajstić information content (AvgIpc) is 3.74. The Morgan fingerprint density at radius 1 is 0.614 bits per heavy atom. The highest BCUT2D eigenvalue weighted by atomic mass is 16.7. The van der Waals surface area contributed by atoms with Crippen molar-refractivity contribution in [2.24, 2.45) is 0 Å². The number of nitrogens with one attached hydrogen (secondary N) is 2. The van der Waals surface area contributed by atoms with Crippen molar-refractivity contribution in [2.75, 3.05) is 44.7 Å². The van der Waals surface area contributed by atoms with Crippen LogP contribution in [-0.2, 0) is 30.8 Å². The minimum atomic E-state index is 0.232. The smallest absolute Gasteiger partial charge is 0.231 e. The summed E-state index contributed by atoms with van der Waals surface area (Å²) in [5, 5.41) is 17.3. The van der Waals surface area contributed by atoms with Crippen LogP contribution in [-0.4, -0.2) is 34.1 Å². The van der Waals surface area contributed by atoms with Gasteiger partial charge in [-0.3, -0.25) is 0 Å². The molecule has 0 amide bonds. The van der Waals surface area contributed by atoms with Gasteiger partial charge < -0.3 is 34.3 Å². The maximum absolute atomic E-state index is 6.15. The van der Waals surface area contributed by atoms with Gasteiger partial charge >= 0.3 is 0 Å². The molecule has 7 nitrogen and oxygen atoms in total. The molecule has 0 atom stereocenters. The van der Waals surface area contributed by atoms with Gasteiger partial charge in [-0.15, -0.1) is 0 Å². The molecule has 0 radical (unpaired) electrons. The summed E-state index contributed by atoms with van der Waals surface area (Å²) in [5.41, 5.74) is 9.91. The Labute approximate surface area is 253 Å². The monoisotopic (exact) mass is 582 g/mol. The second kappa shape index (κ2) is 8.83. The maximum Gasteiger partial charge on any atom is 0.231 e. The van der Waals surface area contributed by atoms with Crippen molar-refractivity contribution in [3.8, 4) is 34.1 Å². The van der Waals surface area contributed by atoms with Gasteiger partial charge in [-0.1, -0.05) is 12.1 Å². The highest BCUT2D eigenvalue weighted by Crippen LogP contribution is 2.57. The number of hydrogen-bond donors (Lipinski definition) is 2. The van der Waals surface area contributed by atoms with E-state index in [0.29, 0.717) is 13.2 Å². The van der Waals surface area contributed by atoms with E-state index in [4.69, 9.17) is 23.7 Å². The molecular weight excluding hydrogens is 552 g/mol. The minimum Gasteiger partial charge on any atom is -0.497 e. The molecule has 0 fully saturated rings. The summed E-state index contributed by atoms with van der Waals surface area (Å²) >= 11 is 0. The topological polar surface area (TPSA) is 70.2 Å². The fourth-order valence-corrected chi connectivity index (χ4v) is 8.20. The van der Waals surface area contributed by atoms with Crippen molar-refractivity contribution in [3.05, 3.63) is 70.8 Å². The van der Waals surface area contributed by atoms with Crippen LogP contribution >= 0.6 is 0 Å². The maximum atomic E-state index is 6.15. The third-order valence-corrected chi connectivity index (χ3v) is 10.0. The lowest BCUT2D eigenvalue weighted by atomic mass is 9.80. The quantitative estimate of drug-likeness (QED) is 0.208. The van der Waals surface area contributed by atoms with Crippen molar-refractivity contribution in [1.29, 1.82) is 0 Å². The van der Waals surface area contributed by atoms with Crippen LogP contribution in [0.2, 0.25) is 0 Å². The zero-order valence-corrected chi connectivity index (χ0v) is 24.6. The molecule has 0 aliphatic carbocycles. The molecule has 0 spiro atoms. The van der Waals surface area contributed by atoms with E-state index >= 15 is 0 Å². The molecule has 7 heteroatoms. The SMILES string of the molecule is COc1ccc2c(c1)c(-c1c3c4c(cc5c(c4c4ccc(OC)cc14)OCO5)CCN3)c1c3c(cc4c(c32)COC4)CCN1. The molecule has 10 rings (SSSR count). The van der Waals surface area contributed by atoms with Crippen LogP contribution < -0.4 is 29.6 Å². The lowest BCUT2D eigenvalue weighted by molar-refractivity contribution is 0.135. The fourth-order valence-electron chi connectivity index (χ4n) is 8.20. The Morgan fingerprint density at radius 3 is 1.93 bits per heavy atom. The molecule has 6 aromatic rings. The first-order valence-corrected chi connectivity index (χ1v) is 15.3. The molecule has 44 heavy (non-hydrogen) atoms. The summed E-state index contributed by atoms with van der Waals surface area (Å²) in [6.07, 6.45) is 1.89. The van der Waals surface area contributed by atoms with Gasteiger partial charge in [-0.2, -0.15) is 0 Å². The van der Waals surface area contributed by atoms with Crippen molar-refractivity contribution < 1.29 is 23.7 Å². The third kappa shape index (κ3) is 3.09. The van der Waals surface area contributed by atoms with E-state index in [9.17, 15) is 0 Å². The summed E-state index contributed by atoms with van der Waals surface area (Å²) in [7, 11) is 3.47. The van der Waals surface area contributed by atoms with Gasteiger partial charge in [0, 0.05) is 40.4 Å². The van der Waals surface area contributed by atoms with Crippen LogP contribution in [0.5, 0.6) is 23.0 Å². The molecule has 0 unspecified atom stereocenters. The summed E-state index contributed by atoms with van der Waals surface area (Å²) in [6, 6.07) is 17.5. The Kier molecular flexibility index (Phi) is 4.93. The van der Waals surface area contributed by atoms with Crippen molar-refractivity contribution >= 4 is 54.5 Å². The number of ether oxygens (including phenoxy) is 5. The second-order valence-corrected chi connectivity index (χ2v) is 12.1. The lowest BCUT2D eigenvalue weighted by Gasteiger charge is -2.30. The zero-order valence-electron chi connectivity index (χ0n) is 24.6. The van der Waals surface area contributed by atoms with Crippen LogP contribution in [0, 0.1) is 0 Å². The van der Waals surface area contributed by atoms with E-state index in [0.717, 1.165) is 76.2 Å². The van der Waals surface area contributed by atoms with E-state index in [1.807, 2.05) is 6.07 Å². The Bertz CT molecular complexity index is 2110. The standard InChI is InChI=1S/C37H30N2O5/c1-40-21-3-5-23-25(13-21)32(35-29-18(7-9-38-35)11-20-15-42-16-27(20)31(23)29)33-26-14-22(41-2)4-6-24(26)34-30-19(8-10-39-36(30)33)12-28-37(34)44-17-43-28/h3-6,11-14,38-39H,7-10,15-17H2,1-2H3. The van der Waals surface area contributed by atoms with Crippen LogP contribution in [0.4, 0.5) is 11.4 Å². The molecule has 4 heterocycles.